The average molecular weight is 751 g/mol. The third-order valence-corrected chi connectivity index (χ3v) is 8.61. The molecule has 6 heteroatoms. The number of unbranched alkanes of at least 4 members (excludes halogenated alkanes) is 12. The molecular weight excluding hydrogens is 673 g/mol. The molecule has 0 aromatic carbocycles. The fraction of sp³-hybridized carbons (Fsp3) is 0.646. The van der Waals surface area contributed by atoms with Gasteiger partial charge in [0.15, 0.2) is 6.10 Å². The van der Waals surface area contributed by atoms with E-state index in [1.165, 1.54) is 38.5 Å². The second-order valence-corrected chi connectivity index (χ2v) is 13.8. The van der Waals surface area contributed by atoms with Crippen LogP contribution in [0.5, 0.6) is 0 Å². The first-order valence-corrected chi connectivity index (χ1v) is 21.6. The summed E-state index contributed by atoms with van der Waals surface area (Å²) in [6.07, 6.45) is 53.0. The Morgan fingerprint density at radius 3 is 1.22 bits per heavy atom. The number of carbonyl (C=O) groups is 3. The molecule has 0 aromatic rings. The van der Waals surface area contributed by atoms with Crippen molar-refractivity contribution in [1.29, 1.82) is 0 Å². The van der Waals surface area contributed by atoms with E-state index < -0.39 is 6.10 Å². The lowest BCUT2D eigenvalue weighted by Crippen LogP contribution is -2.30. The van der Waals surface area contributed by atoms with Gasteiger partial charge in [-0.2, -0.15) is 0 Å². The summed E-state index contributed by atoms with van der Waals surface area (Å²) in [6.45, 7) is 6.25. The number of carbonyl (C=O) groups excluding carboxylic acids is 3. The quantitative estimate of drug-likeness (QED) is 0.0272. The summed E-state index contributed by atoms with van der Waals surface area (Å²) < 4.78 is 16.6. The molecule has 306 valence electrons. The van der Waals surface area contributed by atoms with E-state index >= 15 is 0 Å². The van der Waals surface area contributed by atoms with Gasteiger partial charge in [-0.3, -0.25) is 14.4 Å². The molecule has 0 aliphatic rings. The van der Waals surface area contributed by atoms with Crippen LogP contribution in [-0.2, 0) is 28.6 Å². The molecule has 0 saturated heterocycles. The number of esters is 3. The van der Waals surface area contributed by atoms with Gasteiger partial charge in [0.1, 0.15) is 13.2 Å². The zero-order valence-electron chi connectivity index (χ0n) is 34.7. The SMILES string of the molecule is CC/C=C\C/C=C\C/C=C\CCCCCCCCC(=O)OCC(COC(=O)CCC/C=C\CCCCCC)OC(=O)CCC/C=C\C/C=C\C/C=C\CC. The van der Waals surface area contributed by atoms with Crippen LogP contribution in [0.1, 0.15) is 181 Å². The van der Waals surface area contributed by atoms with E-state index in [9.17, 15) is 14.4 Å². The third-order valence-electron chi connectivity index (χ3n) is 8.61. The summed E-state index contributed by atoms with van der Waals surface area (Å²) in [6, 6.07) is 0. The molecule has 0 aromatic heterocycles. The van der Waals surface area contributed by atoms with E-state index in [1.807, 2.05) is 0 Å². The summed E-state index contributed by atoms with van der Waals surface area (Å²) in [5.41, 5.74) is 0. The number of allylic oxidation sites excluding steroid dienone is 14. The highest BCUT2D eigenvalue weighted by atomic mass is 16.6. The van der Waals surface area contributed by atoms with E-state index in [2.05, 4.69) is 106 Å². The Bertz CT molecular complexity index is 1090. The van der Waals surface area contributed by atoms with Gasteiger partial charge in [0.2, 0.25) is 0 Å². The van der Waals surface area contributed by atoms with Gasteiger partial charge in [-0.25, -0.2) is 0 Å². The van der Waals surface area contributed by atoms with Gasteiger partial charge in [0.05, 0.1) is 0 Å². The molecule has 0 aliphatic heterocycles. The van der Waals surface area contributed by atoms with Gasteiger partial charge in [0.25, 0.3) is 0 Å². The molecule has 0 bridgehead atoms. The van der Waals surface area contributed by atoms with Crippen molar-refractivity contribution in [2.75, 3.05) is 13.2 Å². The van der Waals surface area contributed by atoms with Gasteiger partial charge in [-0.05, 0) is 96.3 Å². The molecule has 0 saturated carbocycles. The lowest BCUT2D eigenvalue weighted by molar-refractivity contribution is -0.167. The fourth-order valence-electron chi connectivity index (χ4n) is 5.42. The van der Waals surface area contributed by atoms with Crippen LogP contribution in [0.4, 0.5) is 0 Å². The number of ether oxygens (including phenoxy) is 3. The zero-order valence-corrected chi connectivity index (χ0v) is 34.7. The Hall–Kier alpha value is -3.41. The standard InChI is InChI=1S/C48H78O6/c1-4-7-10-13-16-19-21-22-23-24-25-27-29-32-35-38-41-47(50)53-44-45(43-52-46(49)40-37-34-31-28-18-15-12-9-6-3)54-48(51)42-39-36-33-30-26-20-17-14-11-8-5-2/h7-8,10-11,16-17,19-20,22-23,28,30-31,33,45H,4-6,9,12-15,18,21,24-27,29,32,34-44H2,1-3H3/b10-7-,11-8-,19-16-,20-17-,23-22-,31-28-,33-30-. The Morgan fingerprint density at radius 1 is 0.389 bits per heavy atom. The minimum atomic E-state index is -0.816. The van der Waals surface area contributed by atoms with Crippen molar-refractivity contribution in [2.45, 2.75) is 187 Å². The van der Waals surface area contributed by atoms with E-state index in [-0.39, 0.29) is 37.5 Å². The van der Waals surface area contributed by atoms with Crippen molar-refractivity contribution in [2.24, 2.45) is 0 Å². The monoisotopic (exact) mass is 751 g/mol. The molecule has 1 unspecified atom stereocenters. The predicted octanol–water partition coefficient (Wildman–Crippen LogP) is 13.7. The van der Waals surface area contributed by atoms with Crippen LogP contribution >= 0.6 is 0 Å². The van der Waals surface area contributed by atoms with Crippen LogP contribution < -0.4 is 0 Å². The maximum absolute atomic E-state index is 12.6. The first-order valence-electron chi connectivity index (χ1n) is 21.6. The highest BCUT2D eigenvalue weighted by Gasteiger charge is 2.19. The second kappa shape index (κ2) is 42.3. The Labute approximate surface area is 331 Å². The summed E-state index contributed by atoms with van der Waals surface area (Å²) in [5, 5.41) is 0. The topological polar surface area (TPSA) is 78.9 Å². The molecule has 0 heterocycles. The molecule has 0 spiro atoms. The van der Waals surface area contributed by atoms with Gasteiger partial charge >= 0.3 is 17.9 Å². The molecule has 0 rings (SSSR count). The van der Waals surface area contributed by atoms with E-state index in [1.54, 1.807) is 0 Å². The van der Waals surface area contributed by atoms with Gasteiger partial charge in [0, 0.05) is 19.3 Å². The van der Waals surface area contributed by atoms with Crippen molar-refractivity contribution in [1.82, 2.24) is 0 Å². The van der Waals surface area contributed by atoms with E-state index in [0.717, 1.165) is 89.9 Å². The smallest absolute Gasteiger partial charge is 0.306 e. The van der Waals surface area contributed by atoms with Crippen molar-refractivity contribution < 1.29 is 28.6 Å². The summed E-state index contributed by atoms with van der Waals surface area (Å²) in [5.74, 6) is -1.03. The predicted molar refractivity (Wildman–Crippen MR) is 228 cm³/mol. The van der Waals surface area contributed by atoms with Crippen molar-refractivity contribution >= 4 is 17.9 Å². The minimum Gasteiger partial charge on any atom is -0.462 e. The van der Waals surface area contributed by atoms with Crippen LogP contribution in [0.2, 0.25) is 0 Å². The Kier molecular flexibility index (Phi) is 39.7. The number of hydrogen-bond acceptors (Lipinski definition) is 6. The Morgan fingerprint density at radius 2 is 0.741 bits per heavy atom. The molecular formula is C48H78O6. The normalized spacial score (nSPS) is 12.9. The van der Waals surface area contributed by atoms with Gasteiger partial charge in [-0.15, -0.1) is 0 Å². The Balaban J connectivity index is 4.46. The molecule has 0 amide bonds. The maximum atomic E-state index is 12.6. The number of rotatable bonds is 37. The molecule has 6 nitrogen and oxygen atoms in total. The van der Waals surface area contributed by atoms with E-state index in [4.69, 9.17) is 14.2 Å². The zero-order chi connectivity index (χ0) is 39.4. The fourth-order valence-corrected chi connectivity index (χ4v) is 5.42. The highest BCUT2D eigenvalue weighted by molar-refractivity contribution is 5.71. The minimum absolute atomic E-state index is 0.114. The van der Waals surface area contributed by atoms with Crippen molar-refractivity contribution in [3.05, 3.63) is 85.1 Å². The van der Waals surface area contributed by atoms with Gasteiger partial charge in [-0.1, -0.05) is 151 Å². The first kappa shape index (κ1) is 50.6. The third kappa shape index (κ3) is 39.8. The molecule has 0 radical (unpaired) electrons. The summed E-state index contributed by atoms with van der Waals surface area (Å²) in [4.78, 5) is 37.6. The molecule has 54 heavy (non-hydrogen) atoms. The molecule has 1 atom stereocenters. The lowest BCUT2D eigenvalue weighted by atomic mass is 10.1. The number of hydrogen-bond donors (Lipinski definition) is 0. The molecule has 0 N–H and O–H groups in total. The van der Waals surface area contributed by atoms with Crippen LogP contribution in [0.3, 0.4) is 0 Å². The second-order valence-electron chi connectivity index (χ2n) is 13.8. The van der Waals surface area contributed by atoms with E-state index in [0.29, 0.717) is 25.7 Å². The van der Waals surface area contributed by atoms with Crippen LogP contribution in [0.15, 0.2) is 85.1 Å². The lowest BCUT2D eigenvalue weighted by Gasteiger charge is -2.18. The molecule has 0 fully saturated rings. The summed E-state index contributed by atoms with van der Waals surface area (Å²) in [7, 11) is 0. The van der Waals surface area contributed by atoms with Crippen LogP contribution in [0.25, 0.3) is 0 Å². The van der Waals surface area contributed by atoms with Crippen molar-refractivity contribution in [3.8, 4) is 0 Å². The first-order chi connectivity index (χ1) is 26.5. The maximum Gasteiger partial charge on any atom is 0.306 e. The van der Waals surface area contributed by atoms with Crippen LogP contribution in [-0.4, -0.2) is 37.2 Å². The largest absolute Gasteiger partial charge is 0.462 e. The highest BCUT2D eigenvalue weighted by Crippen LogP contribution is 2.11. The van der Waals surface area contributed by atoms with Gasteiger partial charge < -0.3 is 14.2 Å². The van der Waals surface area contributed by atoms with Crippen molar-refractivity contribution in [3.63, 3.8) is 0 Å². The summed E-state index contributed by atoms with van der Waals surface area (Å²) >= 11 is 0. The average Bonchev–Trinajstić information content (AvgIpc) is 3.17. The molecule has 0 aliphatic carbocycles. The van der Waals surface area contributed by atoms with Crippen LogP contribution in [0, 0.1) is 0 Å².